The van der Waals surface area contributed by atoms with Crippen LogP contribution in [0.1, 0.15) is 24.5 Å². The molecule has 1 aliphatic rings. The van der Waals surface area contributed by atoms with E-state index in [1.807, 2.05) is 11.7 Å². The first-order valence-electron chi connectivity index (χ1n) is 5.98. The van der Waals surface area contributed by atoms with Crippen molar-refractivity contribution in [2.75, 3.05) is 13.1 Å². The van der Waals surface area contributed by atoms with Crippen LogP contribution in [0.3, 0.4) is 0 Å². The highest BCUT2D eigenvalue weighted by atomic mass is 15.3. The molecule has 0 bridgehead atoms. The minimum absolute atomic E-state index is 0.583. The topological polar surface area (TPSA) is 29.9 Å². The van der Waals surface area contributed by atoms with Crippen LogP contribution in [0.2, 0.25) is 0 Å². The molecule has 1 aromatic heterocycles. The van der Waals surface area contributed by atoms with Crippen molar-refractivity contribution < 1.29 is 0 Å². The van der Waals surface area contributed by atoms with E-state index in [0.717, 1.165) is 13.1 Å². The summed E-state index contributed by atoms with van der Waals surface area (Å²) in [6.45, 7) is 2.22. The van der Waals surface area contributed by atoms with Crippen LogP contribution in [0.4, 0.5) is 0 Å². The van der Waals surface area contributed by atoms with Crippen molar-refractivity contribution in [2.45, 2.75) is 18.8 Å². The van der Waals surface area contributed by atoms with E-state index >= 15 is 0 Å². The molecular formula is C13H17N3. The second-order valence-corrected chi connectivity index (χ2v) is 4.57. The molecule has 1 aromatic carbocycles. The van der Waals surface area contributed by atoms with Gasteiger partial charge in [-0.15, -0.1) is 0 Å². The van der Waals surface area contributed by atoms with E-state index in [1.54, 1.807) is 0 Å². The number of aromatic nitrogens is 2. The molecule has 3 nitrogen and oxygen atoms in total. The Morgan fingerprint density at radius 2 is 2.25 bits per heavy atom. The summed E-state index contributed by atoms with van der Waals surface area (Å²) in [4.78, 5) is 0. The van der Waals surface area contributed by atoms with Gasteiger partial charge in [0.15, 0.2) is 0 Å². The normalized spacial score (nSPS) is 21.4. The van der Waals surface area contributed by atoms with Gasteiger partial charge < -0.3 is 5.32 Å². The van der Waals surface area contributed by atoms with E-state index in [1.165, 1.54) is 29.4 Å². The Bertz CT molecular complexity index is 495. The summed E-state index contributed by atoms with van der Waals surface area (Å²) in [5, 5.41) is 9.47. The van der Waals surface area contributed by atoms with Crippen molar-refractivity contribution in [3.63, 3.8) is 0 Å². The zero-order valence-electron chi connectivity index (χ0n) is 9.61. The zero-order valence-corrected chi connectivity index (χ0v) is 9.61. The van der Waals surface area contributed by atoms with Crippen LogP contribution in [-0.4, -0.2) is 22.9 Å². The number of nitrogens with one attached hydrogen (secondary N) is 1. The largest absolute Gasteiger partial charge is 0.316 e. The number of benzene rings is 1. The van der Waals surface area contributed by atoms with Gasteiger partial charge in [0.2, 0.25) is 0 Å². The predicted octanol–water partition coefficient (Wildman–Crippen LogP) is 2.04. The highest BCUT2D eigenvalue weighted by Gasteiger charge is 2.20. The Morgan fingerprint density at radius 3 is 3.06 bits per heavy atom. The monoisotopic (exact) mass is 215 g/mol. The molecule has 2 aromatic rings. The number of rotatable bonds is 1. The molecule has 2 heterocycles. The minimum Gasteiger partial charge on any atom is -0.316 e. The second kappa shape index (κ2) is 3.91. The van der Waals surface area contributed by atoms with E-state index in [4.69, 9.17) is 5.10 Å². The van der Waals surface area contributed by atoms with Gasteiger partial charge in [0.05, 0.1) is 11.2 Å². The van der Waals surface area contributed by atoms with Gasteiger partial charge in [0.25, 0.3) is 0 Å². The summed E-state index contributed by atoms with van der Waals surface area (Å²) in [6.07, 6.45) is 2.52. The highest BCUT2D eigenvalue weighted by molar-refractivity contribution is 5.82. The lowest BCUT2D eigenvalue weighted by molar-refractivity contribution is 0.453. The molecule has 0 saturated carbocycles. The standard InChI is InChI=1S/C13H17N3/c1-16-12-7-3-2-6-11(12)13(15-16)10-5-4-8-14-9-10/h2-3,6-7,10,14H,4-5,8-9H2,1H3. The lowest BCUT2D eigenvalue weighted by Gasteiger charge is -2.21. The second-order valence-electron chi connectivity index (χ2n) is 4.57. The van der Waals surface area contributed by atoms with E-state index in [2.05, 4.69) is 29.6 Å². The quantitative estimate of drug-likeness (QED) is 0.789. The van der Waals surface area contributed by atoms with Gasteiger partial charge in [0, 0.05) is 24.9 Å². The Kier molecular flexibility index (Phi) is 2.40. The maximum atomic E-state index is 4.69. The number of hydrogen-bond acceptors (Lipinski definition) is 2. The molecule has 1 unspecified atom stereocenters. The predicted molar refractivity (Wildman–Crippen MR) is 65.6 cm³/mol. The maximum absolute atomic E-state index is 4.69. The van der Waals surface area contributed by atoms with Gasteiger partial charge in [-0.25, -0.2) is 0 Å². The smallest absolute Gasteiger partial charge is 0.0746 e. The first-order chi connectivity index (χ1) is 7.86. The lowest BCUT2D eigenvalue weighted by atomic mass is 9.94. The molecule has 16 heavy (non-hydrogen) atoms. The molecular weight excluding hydrogens is 198 g/mol. The number of para-hydroxylation sites is 1. The molecule has 0 radical (unpaired) electrons. The van der Waals surface area contributed by atoms with Crippen LogP contribution in [-0.2, 0) is 7.05 Å². The van der Waals surface area contributed by atoms with Gasteiger partial charge in [0.1, 0.15) is 0 Å². The number of aryl methyl sites for hydroxylation is 1. The average molecular weight is 215 g/mol. The molecule has 1 aliphatic heterocycles. The molecule has 1 atom stereocenters. The van der Waals surface area contributed by atoms with Crippen molar-refractivity contribution in [3.05, 3.63) is 30.0 Å². The minimum atomic E-state index is 0.583. The Labute approximate surface area is 95.5 Å². The molecule has 1 N–H and O–H groups in total. The molecule has 84 valence electrons. The van der Waals surface area contributed by atoms with Gasteiger partial charge in [-0.3, -0.25) is 4.68 Å². The van der Waals surface area contributed by atoms with Gasteiger partial charge >= 0.3 is 0 Å². The fourth-order valence-corrected chi connectivity index (χ4v) is 2.63. The van der Waals surface area contributed by atoms with E-state index in [-0.39, 0.29) is 0 Å². The van der Waals surface area contributed by atoms with E-state index < -0.39 is 0 Å². The van der Waals surface area contributed by atoms with E-state index in [9.17, 15) is 0 Å². The summed E-state index contributed by atoms with van der Waals surface area (Å²) in [5.74, 6) is 0.583. The summed E-state index contributed by atoms with van der Waals surface area (Å²) >= 11 is 0. The average Bonchev–Trinajstić information content (AvgIpc) is 2.69. The van der Waals surface area contributed by atoms with Crippen LogP contribution in [0.15, 0.2) is 24.3 Å². The fraction of sp³-hybridized carbons (Fsp3) is 0.462. The Hall–Kier alpha value is -1.35. The van der Waals surface area contributed by atoms with E-state index in [0.29, 0.717) is 5.92 Å². The van der Waals surface area contributed by atoms with Gasteiger partial charge in [-0.05, 0) is 25.5 Å². The molecule has 0 spiro atoms. The number of hydrogen-bond donors (Lipinski definition) is 1. The fourth-order valence-electron chi connectivity index (χ4n) is 2.63. The molecule has 0 aliphatic carbocycles. The van der Waals surface area contributed by atoms with Crippen LogP contribution < -0.4 is 5.32 Å². The van der Waals surface area contributed by atoms with Crippen LogP contribution in [0.25, 0.3) is 10.9 Å². The number of piperidine rings is 1. The number of nitrogens with zero attached hydrogens (tertiary/aromatic N) is 2. The van der Waals surface area contributed by atoms with Crippen molar-refractivity contribution >= 4 is 10.9 Å². The molecule has 3 heteroatoms. The molecule has 1 saturated heterocycles. The van der Waals surface area contributed by atoms with Gasteiger partial charge in [-0.2, -0.15) is 5.10 Å². The SMILES string of the molecule is Cn1nc(C2CCCNC2)c2ccccc21. The number of fused-ring (bicyclic) bond motifs is 1. The maximum Gasteiger partial charge on any atom is 0.0746 e. The zero-order chi connectivity index (χ0) is 11.0. The lowest BCUT2D eigenvalue weighted by Crippen LogP contribution is -2.28. The summed E-state index contributed by atoms with van der Waals surface area (Å²) in [7, 11) is 2.03. The summed E-state index contributed by atoms with van der Waals surface area (Å²) < 4.78 is 2.00. The molecule has 3 rings (SSSR count). The third-order valence-electron chi connectivity index (χ3n) is 3.47. The van der Waals surface area contributed by atoms with Crippen molar-refractivity contribution in [1.29, 1.82) is 0 Å². The van der Waals surface area contributed by atoms with Crippen molar-refractivity contribution in [1.82, 2.24) is 15.1 Å². The Balaban J connectivity index is 2.08. The van der Waals surface area contributed by atoms with Crippen molar-refractivity contribution in [2.24, 2.45) is 7.05 Å². The van der Waals surface area contributed by atoms with Crippen molar-refractivity contribution in [3.8, 4) is 0 Å². The highest BCUT2D eigenvalue weighted by Crippen LogP contribution is 2.28. The molecule has 1 fully saturated rings. The van der Waals surface area contributed by atoms with Gasteiger partial charge in [-0.1, -0.05) is 18.2 Å². The van der Waals surface area contributed by atoms with Crippen LogP contribution in [0, 0.1) is 0 Å². The third-order valence-corrected chi connectivity index (χ3v) is 3.47. The Morgan fingerprint density at radius 1 is 1.38 bits per heavy atom. The molecule has 0 amide bonds. The summed E-state index contributed by atoms with van der Waals surface area (Å²) in [6, 6.07) is 8.51. The first kappa shape index (κ1) is 9.85. The summed E-state index contributed by atoms with van der Waals surface area (Å²) in [5.41, 5.74) is 2.51. The van der Waals surface area contributed by atoms with Crippen LogP contribution >= 0.6 is 0 Å². The first-order valence-corrected chi connectivity index (χ1v) is 5.98. The van der Waals surface area contributed by atoms with Crippen LogP contribution in [0.5, 0.6) is 0 Å². The third kappa shape index (κ3) is 1.52.